The first-order chi connectivity index (χ1) is 4.81. The second kappa shape index (κ2) is 6.99. The van der Waals surface area contributed by atoms with E-state index in [2.05, 4.69) is 4.74 Å². The van der Waals surface area contributed by atoms with E-state index in [0.717, 1.165) is 12.8 Å². The van der Waals surface area contributed by atoms with Gasteiger partial charge in [-0.25, -0.2) is 0 Å². The molecule has 0 aliphatic carbocycles. The molecule has 0 amide bonds. The molecule has 1 unspecified atom stereocenters. The predicted octanol–water partition coefficient (Wildman–Crippen LogP) is 1.55. The van der Waals surface area contributed by atoms with Crippen LogP contribution >= 0.6 is 0 Å². The van der Waals surface area contributed by atoms with E-state index in [0.29, 0.717) is 13.2 Å². The Kier molecular flexibility index (Phi) is 6.91. The summed E-state index contributed by atoms with van der Waals surface area (Å²) in [5.41, 5.74) is 0. The molecular formula is C7H15O3. The highest BCUT2D eigenvalue weighted by molar-refractivity contribution is 4.29. The molecule has 0 saturated carbocycles. The first-order valence-electron chi connectivity index (χ1n) is 3.70. The van der Waals surface area contributed by atoms with Gasteiger partial charge < -0.3 is 9.47 Å². The largest absolute Gasteiger partial charge is 0.328 e. The Balaban J connectivity index is 2.97. The van der Waals surface area contributed by atoms with Gasteiger partial charge in [0, 0.05) is 6.61 Å². The molecule has 0 saturated heterocycles. The van der Waals surface area contributed by atoms with Crippen molar-refractivity contribution in [2.45, 2.75) is 33.2 Å². The van der Waals surface area contributed by atoms with Gasteiger partial charge >= 0.3 is 6.48 Å². The Morgan fingerprint density at radius 2 is 2.00 bits per heavy atom. The van der Waals surface area contributed by atoms with Crippen LogP contribution in [0.5, 0.6) is 0 Å². The van der Waals surface area contributed by atoms with Gasteiger partial charge in [-0.15, -0.1) is 0 Å². The first-order valence-corrected chi connectivity index (χ1v) is 3.70. The molecule has 0 aromatic carbocycles. The van der Waals surface area contributed by atoms with Crippen molar-refractivity contribution >= 4 is 0 Å². The zero-order chi connectivity index (χ0) is 7.82. The van der Waals surface area contributed by atoms with Gasteiger partial charge in [-0.2, -0.15) is 5.11 Å². The molecule has 1 radical (unpaired) electrons. The summed E-state index contributed by atoms with van der Waals surface area (Å²) in [5.74, 6) is 0. The Hall–Kier alpha value is -0.120. The smallest absolute Gasteiger partial charge is 0.301 e. The molecule has 0 aliphatic heterocycles. The lowest BCUT2D eigenvalue weighted by Gasteiger charge is -2.07. The van der Waals surface area contributed by atoms with Crippen LogP contribution in [0.1, 0.15) is 26.7 Å². The predicted molar refractivity (Wildman–Crippen MR) is 37.0 cm³/mol. The van der Waals surface area contributed by atoms with Crippen molar-refractivity contribution < 1.29 is 14.6 Å². The van der Waals surface area contributed by atoms with Crippen LogP contribution in [0.2, 0.25) is 0 Å². The van der Waals surface area contributed by atoms with E-state index < -0.39 is 6.48 Å². The summed E-state index contributed by atoms with van der Waals surface area (Å²) in [5, 5.41) is 10.6. The first kappa shape index (κ1) is 9.88. The molecule has 0 spiro atoms. The van der Waals surface area contributed by atoms with E-state index >= 15 is 0 Å². The summed E-state index contributed by atoms with van der Waals surface area (Å²) in [6.45, 7) is 3.46. The Morgan fingerprint density at radius 1 is 1.30 bits per heavy atom. The van der Waals surface area contributed by atoms with Crippen molar-refractivity contribution in [1.82, 2.24) is 0 Å². The molecule has 61 valence electrons. The lowest BCUT2D eigenvalue weighted by atomic mass is 10.4. The quantitative estimate of drug-likeness (QED) is 0.422. The van der Waals surface area contributed by atoms with Crippen molar-refractivity contribution in [3.8, 4) is 0 Å². The molecule has 0 N–H and O–H groups in total. The van der Waals surface area contributed by atoms with Crippen LogP contribution in [0.3, 0.4) is 0 Å². The molecule has 0 aromatic rings. The molecule has 0 aromatic heterocycles. The minimum absolute atomic E-state index is 0.417. The summed E-state index contributed by atoms with van der Waals surface area (Å²) in [6.07, 6.45) is 1.96. The summed E-state index contributed by atoms with van der Waals surface area (Å²) < 4.78 is 9.36. The highest BCUT2D eigenvalue weighted by Crippen LogP contribution is 1.94. The van der Waals surface area contributed by atoms with Crippen LogP contribution in [0.15, 0.2) is 0 Å². The molecule has 0 heterocycles. The van der Waals surface area contributed by atoms with Gasteiger partial charge in [0.1, 0.15) is 0 Å². The normalized spacial score (nSPS) is 13.5. The minimum atomic E-state index is -1.28. The van der Waals surface area contributed by atoms with Crippen LogP contribution < -0.4 is 0 Å². The van der Waals surface area contributed by atoms with Gasteiger partial charge in [-0.1, -0.05) is 13.3 Å². The van der Waals surface area contributed by atoms with Crippen LogP contribution in [0, 0.1) is 0 Å². The van der Waals surface area contributed by atoms with Gasteiger partial charge in [0.25, 0.3) is 0 Å². The fourth-order valence-electron chi connectivity index (χ4n) is 0.508. The molecule has 10 heavy (non-hydrogen) atoms. The van der Waals surface area contributed by atoms with Gasteiger partial charge in [-0.05, 0) is 13.3 Å². The summed E-state index contributed by atoms with van der Waals surface area (Å²) in [4.78, 5) is 0. The van der Waals surface area contributed by atoms with Crippen molar-refractivity contribution in [2.75, 3.05) is 13.2 Å². The zero-order valence-electron chi connectivity index (χ0n) is 6.63. The molecule has 0 fully saturated rings. The van der Waals surface area contributed by atoms with Gasteiger partial charge in [0.05, 0.1) is 6.61 Å². The Labute approximate surface area is 62.0 Å². The van der Waals surface area contributed by atoms with E-state index in [-0.39, 0.29) is 0 Å². The van der Waals surface area contributed by atoms with Crippen molar-refractivity contribution in [3.63, 3.8) is 0 Å². The highest BCUT2D eigenvalue weighted by Gasteiger charge is 2.02. The lowest BCUT2D eigenvalue weighted by molar-refractivity contribution is -0.290. The van der Waals surface area contributed by atoms with Crippen LogP contribution in [0.4, 0.5) is 0 Å². The molecule has 3 nitrogen and oxygen atoms in total. The second-order valence-corrected chi connectivity index (χ2v) is 1.97. The van der Waals surface area contributed by atoms with E-state index in [4.69, 9.17) is 4.74 Å². The number of ether oxygens (including phenoxy) is 2. The average molecular weight is 147 g/mol. The van der Waals surface area contributed by atoms with Crippen LogP contribution in [-0.4, -0.2) is 19.7 Å². The van der Waals surface area contributed by atoms with E-state index in [1.54, 1.807) is 6.92 Å². The summed E-state index contributed by atoms with van der Waals surface area (Å²) in [6, 6.07) is 0. The van der Waals surface area contributed by atoms with Gasteiger partial charge in [0.15, 0.2) is 0 Å². The third-order valence-corrected chi connectivity index (χ3v) is 1.05. The zero-order valence-corrected chi connectivity index (χ0v) is 6.63. The molecule has 1 atom stereocenters. The lowest BCUT2D eigenvalue weighted by Crippen LogP contribution is -2.15. The highest BCUT2D eigenvalue weighted by atomic mass is 16.8. The SMILES string of the molecule is CCCCOC([O])OCC. The third kappa shape index (κ3) is 6.01. The maximum Gasteiger partial charge on any atom is 0.301 e. The topological polar surface area (TPSA) is 38.4 Å². The van der Waals surface area contributed by atoms with Gasteiger partial charge in [0.2, 0.25) is 0 Å². The summed E-state index contributed by atoms with van der Waals surface area (Å²) >= 11 is 0. The van der Waals surface area contributed by atoms with Crippen LogP contribution in [0.25, 0.3) is 0 Å². The molecule has 0 aliphatic rings. The maximum absolute atomic E-state index is 10.6. The monoisotopic (exact) mass is 147 g/mol. The summed E-state index contributed by atoms with van der Waals surface area (Å²) in [7, 11) is 0. The van der Waals surface area contributed by atoms with Gasteiger partial charge in [-0.3, -0.25) is 0 Å². The van der Waals surface area contributed by atoms with E-state index in [1.165, 1.54) is 0 Å². The average Bonchev–Trinajstić information content (AvgIpc) is 1.89. The fraction of sp³-hybridized carbons (Fsp3) is 1.00. The Bertz CT molecular complexity index is 65.9. The van der Waals surface area contributed by atoms with Crippen LogP contribution in [-0.2, 0) is 14.6 Å². The molecule has 0 bridgehead atoms. The van der Waals surface area contributed by atoms with E-state index in [1.807, 2.05) is 6.92 Å². The second-order valence-electron chi connectivity index (χ2n) is 1.97. The fourth-order valence-corrected chi connectivity index (χ4v) is 0.508. The van der Waals surface area contributed by atoms with Crippen molar-refractivity contribution in [1.29, 1.82) is 0 Å². The maximum atomic E-state index is 10.6. The number of hydrogen-bond acceptors (Lipinski definition) is 2. The van der Waals surface area contributed by atoms with E-state index in [9.17, 15) is 5.11 Å². The third-order valence-electron chi connectivity index (χ3n) is 1.05. The minimum Gasteiger partial charge on any atom is -0.328 e. The standard InChI is InChI=1S/C7H15O3/c1-3-5-6-10-7(8)9-4-2/h7H,3-6H2,1-2H3. The number of hydrogen-bond donors (Lipinski definition) is 0. The molecule has 3 heteroatoms. The molecular weight excluding hydrogens is 132 g/mol. The number of rotatable bonds is 6. The van der Waals surface area contributed by atoms with Crippen molar-refractivity contribution in [2.24, 2.45) is 0 Å². The van der Waals surface area contributed by atoms with Crippen molar-refractivity contribution in [3.05, 3.63) is 0 Å². The Morgan fingerprint density at radius 3 is 2.50 bits per heavy atom. The number of unbranched alkanes of at least 4 members (excludes halogenated alkanes) is 1. The molecule has 0 rings (SSSR count).